The van der Waals surface area contributed by atoms with Crippen molar-refractivity contribution in [3.8, 4) is 0 Å². The molecule has 2 aromatic carbocycles. The topological polar surface area (TPSA) is 67.2 Å². The second-order valence-electron chi connectivity index (χ2n) is 4.47. The average molecular weight is 291 g/mol. The van der Waals surface area contributed by atoms with Crippen molar-refractivity contribution in [2.45, 2.75) is 6.54 Å². The second kappa shape index (κ2) is 6.21. The maximum absolute atomic E-state index is 13.5. The minimum Gasteiger partial charge on any atom is -0.397 e. The lowest BCUT2D eigenvalue weighted by Gasteiger charge is -2.11. The predicted octanol–water partition coefficient (Wildman–Crippen LogP) is 2.52. The third kappa shape index (κ3) is 3.47. The molecule has 0 bridgehead atoms. The van der Waals surface area contributed by atoms with Crippen LogP contribution < -0.4 is 16.4 Å². The van der Waals surface area contributed by atoms with Gasteiger partial charge in [-0.1, -0.05) is 6.07 Å². The Kier molecular flexibility index (Phi) is 4.37. The molecule has 0 aliphatic rings. The number of nitrogen functional groups attached to an aromatic ring is 1. The first-order valence-corrected chi connectivity index (χ1v) is 6.30. The molecule has 0 aliphatic carbocycles. The van der Waals surface area contributed by atoms with Crippen molar-refractivity contribution in [1.82, 2.24) is 5.32 Å². The summed E-state index contributed by atoms with van der Waals surface area (Å²) in [7, 11) is 1.53. The van der Waals surface area contributed by atoms with Crippen molar-refractivity contribution < 1.29 is 13.6 Å². The molecule has 0 fully saturated rings. The Morgan fingerprint density at radius 3 is 2.57 bits per heavy atom. The first kappa shape index (κ1) is 14.8. The van der Waals surface area contributed by atoms with Crippen molar-refractivity contribution in [3.05, 3.63) is 59.2 Å². The van der Waals surface area contributed by atoms with Crippen molar-refractivity contribution in [2.75, 3.05) is 18.1 Å². The minimum atomic E-state index is -0.622. The fourth-order valence-corrected chi connectivity index (χ4v) is 1.86. The SMILES string of the molecule is CNC(=O)c1ccc(NCc2ccc(F)cc2F)c(N)c1. The molecular formula is C15H15F2N3O. The van der Waals surface area contributed by atoms with Crippen LogP contribution in [-0.4, -0.2) is 13.0 Å². The Labute approximate surface area is 121 Å². The molecule has 1 amide bonds. The lowest BCUT2D eigenvalue weighted by Crippen LogP contribution is -2.18. The zero-order valence-electron chi connectivity index (χ0n) is 11.4. The van der Waals surface area contributed by atoms with Crippen LogP contribution in [-0.2, 0) is 6.54 Å². The smallest absolute Gasteiger partial charge is 0.251 e. The molecule has 110 valence electrons. The second-order valence-corrected chi connectivity index (χ2v) is 4.47. The molecule has 0 saturated heterocycles. The fourth-order valence-electron chi connectivity index (χ4n) is 1.86. The summed E-state index contributed by atoms with van der Waals surface area (Å²) in [5, 5.41) is 5.45. The van der Waals surface area contributed by atoms with Gasteiger partial charge < -0.3 is 16.4 Å². The third-order valence-corrected chi connectivity index (χ3v) is 3.03. The normalized spacial score (nSPS) is 10.2. The zero-order chi connectivity index (χ0) is 15.4. The highest BCUT2D eigenvalue weighted by molar-refractivity contribution is 5.95. The van der Waals surface area contributed by atoms with Crippen LogP contribution >= 0.6 is 0 Å². The zero-order valence-corrected chi connectivity index (χ0v) is 11.4. The number of rotatable bonds is 4. The van der Waals surface area contributed by atoms with Gasteiger partial charge in [0.15, 0.2) is 0 Å². The van der Waals surface area contributed by atoms with E-state index in [2.05, 4.69) is 10.6 Å². The summed E-state index contributed by atoms with van der Waals surface area (Å²) in [6.45, 7) is 0.162. The van der Waals surface area contributed by atoms with Gasteiger partial charge in [-0.25, -0.2) is 8.78 Å². The van der Waals surface area contributed by atoms with Gasteiger partial charge in [0.25, 0.3) is 5.91 Å². The molecular weight excluding hydrogens is 276 g/mol. The number of carbonyl (C=O) groups excluding carboxylic acids is 1. The van der Waals surface area contributed by atoms with E-state index in [1.165, 1.54) is 25.2 Å². The summed E-state index contributed by atoms with van der Waals surface area (Å²) in [5.74, 6) is -1.48. The molecule has 2 rings (SSSR count). The Hall–Kier alpha value is -2.63. The molecule has 0 aliphatic heterocycles. The highest BCUT2D eigenvalue weighted by Crippen LogP contribution is 2.21. The minimum absolute atomic E-state index is 0.162. The molecule has 0 aromatic heterocycles. The maximum atomic E-state index is 13.5. The molecule has 4 N–H and O–H groups in total. The third-order valence-electron chi connectivity index (χ3n) is 3.03. The largest absolute Gasteiger partial charge is 0.397 e. The van der Waals surface area contributed by atoms with Gasteiger partial charge in [-0.3, -0.25) is 4.79 Å². The number of nitrogens with one attached hydrogen (secondary N) is 2. The monoisotopic (exact) mass is 291 g/mol. The number of nitrogens with two attached hydrogens (primary N) is 1. The average Bonchev–Trinajstić information content (AvgIpc) is 2.46. The first-order chi connectivity index (χ1) is 10.0. The number of benzene rings is 2. The molecule has 0 unspecified atom stereocenters. The number of hydrogen-bond acceptors (Lipinski definition) is 3. The number of halogens is 2. The molecule has 21 heavy (non-hydrogen) atoms. The molecule has 0 heterocycles. The standard InChI is InChI=1S/C15H15F2N3O/c1-19-15(21)9-3-5-14(13(18)6-9)20-8-10-2-4-11(16)7-12(10)17/h2-7,20H,8,18H2,1H3,(H,19,21). The van der Waals surface area contributed by atoms with E-state index in [4.69, 9.17) is 5.73 Å². The highest BCUT2D eigenvalue weighted by atomic mass is 19.1. The van der Waals surface area contributed by atoms with Crippen LogP contribution in [0.3, 0.4) is 0 Å². The van der Waals surface area contributed by atoms with Gasteiger partial charge in [0.2, 0.25) is 0 Å². The Balaban J connectivity index is 2.11. The predicted molar refractivity (Wildman–Crippen MR) is 77.9 cm³/mol. The fraction of sp³-hybridized carbons (Fsp3) is 0.133. The van der Waals surface area contributed by atoms with Gasteiger partial charge in [-0.05, 0) is 24.3 Å². The molecule has 6 heteroatoms. The number of hydrogen-bond donors (Lipinski definition) is 3. The van der Waals surface area contributed by atoms with Crippen LogP contribution in [0.25, 0.3) is 0 Å². The molecule has 0 atom stereocenters. The van der Waals surface area contributed by atoms with Crippen LogP contribution in [0.1, 0.15) is 15.9 Å². The number of anilines is 2. The van der Waals surface area contributed by atoms with Crippen molar-refractivity contribution >= 4 is 17.3 Å². The lowest BCUT2D eigenvalue weighted by atomic mass is 10.1. The summed E-state index contributed by atoms with van der Waals surface area (Å²) in [5.41, 5.74) is 7.56. The molecule has 0 spiro atoms. The van der Waals surface area contributed by atoms with E-state index in [0.717, 1.165) is 6.07 Å². The van der Waals surface area contributed by atoms with E-state index >= 15 is 0 Å². The van der Waals surface area contributed by atoms with Crippen LogP contribution in [0.15, 0.2) is 36.4 Å². The van der Waals surface area contributed by atoms with E-state index in [1.807, 2.05) is 0 Å². The Bertz CT molecular complexity index is 674. The van der Waals surface area contributed by atoms with Crippen molar-refractivity contribution in [3.63, 3.8) is 0 Å². The van der Waals surface area contributed by atoms with Gasteiger partial charge in [0.1, 0.15) is 11.6 Å². The summed E-state index contributed by atoms with van der Waals surface area (Å²) in [6.07, 6.45) is 0. The van der Waals surface area contributed by atoms with Crippen LogP contribution in [0.5, 0.6) is 0 Å². The van der Waals surface area contributed by atoms with Crippen molar-refractivity contribution in [1.29, 1.82) is 0 Å². The van der Waals surface area contributed by atoms with Gasteiger partial charge in [0, 0.05) is 30.8 Å². The van der Waals surface area contributed by atoms with Gasteiger partial charge in [0.05, 0.1) is 11.4 Å². The van der Waals surface area contributed by atoms with E-state index in [9.17, 15) is 13.6 Å². The quantitative estimate of drug-likeness (QED) is 0.758. The summed E-state index contributed by atoms with van der Waals surface area (Å²) < 4.78 is 26.3. The van der Waals surface area contributed by atoms with E-state index < -0.39 is 11.6 Å². The van der Waals surface area contributed by atoms with E-state index in [-0.39, 0.29) is 12.5 Å². The van der Waals surface area contributed by atoms with Gasteiger partial charge >= 0.3 is 0 Å². The van der Waals surface area contributed by atoms with E-state index in [0.29, 0.717) is 22.5 Å². The molecule has 2 aromatic rings. The summed E-state index contributed by atoms with van der Waals surface area (Å²) in [4.78, 5) is 11.5. The number of carbonyl (C=O) groups is 1. The maximum Gasteiger partial charge on any atom is 0.251 e. The van der Waals surface area contributed by atoms with Gasteiger partial charge in [-0.15, -0.1) is 0 Å². The lowest BCUT2D eigenvalue weighted by molar-refractivity contribution is 0.0963. The van der Waals surface area contributed by atoms with Crippen LogP contribution in [0.4, 0.5) is 20.2 Å². The van der Waals surface area contributed by atoms with Crippen molar-refractivity contribution in [2.24, 2.45) is 0 Å². The molecule has 0 saturated carbocycles. The van der Waals surface area contributed by atoms with Gasteiger partial charge in [-0.2, -0.15) is 0 Å². The Morgan fingerprint density at radius 1 is 1.19 bits per heavy atom. The van der Waals surface area contributed by atoms with Crippen LogP contribution in [0.2, 0.25) is 0 Å². The first-order valence-electron chi connectivity index (χ1n) is 6.30. The highest BCUT2D eigenvalue weighted by Gasteiger charge is 2.08. The summed E-state index contributed by atoms with van der Waals surface area (Å²) in [6, 6.07) is 8.17. The summed E-state index contributed by atoms with van der Waals surface area (Å²) >= 11 is 0. The number of amides is 1. The van der Waals surface area contributed by atoms with Crippen LogP contribution in [0, 0.1) is 11.6 Å². The molecule has 4 nitrogen and oxygen atoms in total. The van der Waals surface area contributed by atoms with E-state index in [1.54, 1.807) is 12.1 Å². The Morgan fingerprint density at radius 2 is 1.95 bits per heavy atom. The molecule has 0 radical (unpaired) electrons.